The summed E-state index contributed by atoms with van der Waals surface area (Å²) in [6, 6.07) is 3.94. The van der Waals surface area contributed by atoms with E-state index in [-0.39, 0.29) is 11.9 Å². The van der Waals surface area contributed by atoms with E-state index >= 15 is 0 Å². The van der Waals surface area contributed by atoms with E-state index in [2.05, 4.69) is 0 Å². The highest BCUT2D eigenvalue weighted by molar-refractivity contribution is 7.17. The van der Waals surface area contributed by atoms with Gasteiger partial charge >= 0.3 is 0 Å². The lowest BCUT2D eigenvalue weighted by atomic mass is 10.2. The second-order valence-corrected chi connectivity index (χ2v) is 5.79. The Hall–Kier alpha value is -0.840. The number of nitrogens with two attached hydrogens (primary N) is 1. The maximum Gasteiger partial charge on any atom is 0.246 e. The maximum absolute atomic E-state index is 11.9. The quantitative estimate of drug-likeness (QED) is 0.857. The van der Waals surface area contributed by atoms with E-state index in [1.165, 1.54) is 11.3 Å². The molecule has 0 aromatic carbocycles. The minimum absolute atomic E-state index is 0.0440. The van der Waals surface area contributed by atoms with Crippen molar-refractivity contribution in [3.8, 4) is 0 Å². The summed E-state index contributed by atoms with van der Waals surface area (Å²) in [6.45, 7) is 1.36. The monoisotopic (exact) mass is 270 g/mol. The number of amides is 1. The third-order valence-electron chi connectivity index (χ3n) is 2.92. The first-order valence-corrected chi connectivity index (χ1v) is 6.84. The van der Waals surface area contributed by atoms with Crippen LogP contribution in [0, 0.1) is 0 Å². The van der Waals surface area contributed by atoms with Crippen molar-refractivity contribution in [1.82, 2.24) is 4.90 Å². The number of hydrogen-bond acceptors (Lipinski definition) is 3. The van der Waals surface area contributed by atoms with Crippen LogP contribution in [0.25, 0.3) is 6.08 Å². The molecule has 2 heterocycles. The van der Waals surface area contributed by atoms with Gasteiger partial charge in [-0.1, -0.05) is 11.6 Å². The second-order valence-electron chi connectivity index (χ2n) is 4.04. The summed E-state index contributed by atoms with van der Waals surface area (Å²) in [6.07, 6.45) is 5.48. The Bertz CT molecular complexity index is 430. The number of rotatable bonds is 3. The third kappa shape index (κ3) is 3.09. The Morgan fingerprint density at radius 1 is 1.65 bits per heavy atom. The van der Waals surface area contributed by atoms with Crippen molar-refractivity contribution in [2.24, 2.45) is 5.73 Å². The van der Waals surface area contributed by atoms with Crippen LogP contribution in [0.1, 0.15) is 17.7 Å². The molecular formula is C12H15ClN2OS. The summed E-state index contributed by atoms with van der Waals surface area (Å²) in [7, 11) is 0. The molecule has 2 N–H and O–H groups in total. The molecule has 1 unspecified atom stereocenters. The van der Waals surface area contributed by atoms with Crippen molar-refractivity contribution in [3.05, 3.63) is 27.4 Å². The molecule has 17 heavy (non-hydrogen) atoms. The number of hydrogen-bond donors (Lipinski definition) is 1. The van der Waals surface area contributed by atoms with E-state index in [1.54, 1.807) is 6.08 Å². The molecule has 0 bridgehead atoms. The van der Waals surface area contributed by atoms with E-state index < -0.39 is 0 Å². The first kappa shape index (κ1) is 12.6. The number of carbonyl (C=O) groups excluding carboxylic acids is 1. The van der Waals surface area contributed by atoms with Gasteiger partial charge in [-0.3, -0.25) is 4.79 Å². The van der Waals surface area contributed by atoms with Crippen LogP contribution in [0.15, 0.2) is 18.2 Å². The summed E-state index contributed by atoms with van der Waals surface area (Å²) < 4.78 is 0.734. The summed E-state index contributed by atoms with van der Waals surface area (Å²) in [5, 5.41) is 0. The van der Waals surface area contributed by atoms with E-state index in [4.69, 9.17) is 17.3 Å². The van der Waals surface area contributed by atoms with Crippen LogP contribution < -0.4 is 5.73 Å². The lowest BCUT2D eigenvalue weighted by Gasteiger charge is -2.21. The van der Waals surface area contributed by atoms with Gasteiger partial charge in [0, 0.05) is 30.1 Å². The topological polar surface area (TPSA) is 46.3 Å². The Balaban J connectivity index is 1.99. The lowest BCUT2D eigenvalue weighted by Crippen LogP contribution is -2.38. The molecular weight excluding hydrogens is 256 g/mol. The number of nitrogens with zero attached hydrogens (tertiary/aromatic N) is 1. The molecule has 92 valence electrons. The number of carbonyl (C=O) groups is 1. The first-order chi connectivity index (χ1) is 8.20. The molecule has 1 amide bonds. The third-order valence-corrected chi connectivity index (χ3v) is 4.11. The van der Waals surface area contributed by atoms with Crippen molar-refractivity contribution < 1.29 is 4.79 Å². The van der Waals surface area contributed by atoms with Gasteiger partial charge in [0.05, 0.1) is 4.34 Å². The molecule has 1 fully saturated rings. The van der Waals surface area contributed by atoms with Gasteiger partial charge in [-0.2, -0.15) is 0 Å². The molecule has 0 aliphatic carbocycles. The predicted molar refractivity (Wildman–Crippen MR) is 72.2 cm³/mol. The van der Waals surface area contributed by atoms with Crippen molar-refractivity contribution in [3.63, 3.8) is 0 Å². The number of thiophene rings is 1. The Morgan fingerprint density at radius 2 is 2.47 bits per heavy atom. The van der Waals surface area contributed by atoms with Crippen molar-refractivity contribution in [1.29, 1.82) is 0 Å². The average Bonchev–Trinajstić information content (AvgIpc) is 2.94. The molecule has 1 aromatic rings. The molecule has 1 atom stereocenters. The number of halogens is 1. The smallest absolute Gasteiger partial charge is 0.246 e. The van der Waals surface area contributed by atoms with Crippen LogP contribution in [-0.2, 0) is 4.79 Å². The molecule has 0 saturated carbocycles. The van der Waals surface area contributed by atoms with Crippen LogP contribution in [0.3, 0.4) is 0 Å². The second kappa shape index (κ2) is 5.67. The van der Waals surface area contributed by atoms with Gasteiger partial charge in [-0.25, -0.2) is 0 Å². The van der Waals surface area contributed by atoms with Crippen molar-refractivity contribution >= 4 is 34.9 Å². The van der Waals surface area contributed by atoms with Crippen LogP contribution in [-0.4, -0.2) is 29.9 Å². The molecule has 1 aliphatic heterocycles. The van der Waals surface area contributed by atoms with Crippen molar-refractivity contribution in [2.45, 2.75) is 18.9 Å². The average molecular weight is 271 g/mol. The van der Waals surface area contributed by atoms with Gasteiger partial charge in [0.15, 0.2) is 0 Å². The maximum atomic E-state index is 11.9. The van der Waals surface area contributed by atoms with Gasteiger partial charge in [-0.15, -0.1) is 11.3 Å². The highest BCUT2D eigenvalue weighted by Crippen LogP contribution is 2.23. The first-order valence-electron chi connectivity index (χ1n) is 5.65. The predicted octanol–water partition coefficient (Wildman–Crippen LogP) is 2.36. The molecule has 1 aliphatic rings. The van der Waals surface area contributed by atoms with E-state index in [1.807, 2.05) is 23.1 Å². The highest BCUT2D eigenvalue weighted by atomic mass is 35.5. The Labute approximate surface area is 110 Å². The molecule has 1 aromatic heterocycles. The molecule has 5 heteroatoms. The molecule has 0 radical (unpaired) electrons. The van der Waals surface area contributed by atoms with Gasteiger partial charge in [0.1, 0.15) is 0 Å². The fraction of sp³-hybridized carbons (Fsp3) is 0.417. The highest BCUT2D eigenvalue weighted by Gasteiger charge is 2.25. The van der Waals surface area contributed by atoms with Crippen LogP contribution in [0.2, 0.25) is 4.34 Å². The van der Waals surface area contributed by atoms with Gasteiger partial charge in [0.25, 0.3) is 0 Å². The zero-order valence-electron chi connectivity index (χ0n) is 9.43. The summed E-state index contributed by atoms with van der Waals surface area (Å²) in [4.78, 5) is 14.8. The summed E-state index contributed by atoms with van der Waals surface area (Å²) in [5.41, 5.74) is 5.64. The zero-order valence-corrected chi connectivity index (χ0v) is 11.0. The molecule has 2 rings (SSSR count). The minimum atomic E-state index is 0.0440. The standard InChI is InChI=1S/C12H15ClN2OS/c13-11-5-3-10(17-11)4-6-12(16)15-7-1-2-9(15)8-14/h3-6,9H,1-2,7-8,14H2/b6-4+. The normalized spacial score (nSPS) is 20.4. The fourth-order valence-electron chi connectivity index (χ4n) is 2.04. The van der Waals surface area contributed by atoms with Gasteiger partial charge in [-0.05, 0) is 31.1 Å². The van der Waals surface area contributed by atoms with Crippen LogP contribution >= 0.6 is 22.9 Å². The van der Waals surface area contributed by atoms with Gasteiger partial charge < -0.3 is 10.6 Å². The van der Waals surface area contributed by atoms with Crippen LogP contribution in [0.5, 0.6) is 0 Å². The van der Waals surface area contributed by atoms with Crippen molar-refractivity contribution in [2.75, 3.05) is 13.1 Å². The molecule has 3 nitrogen and oxygen atoms in total. The van der Waals surface area contributed by atoms with Crippen LogP contribution in [0.4, 0.5) is 0 Å². The van der Waals surface area contributed by atoms with Gasteiger partial charge in [0.2, 0.25) is 5.91 Å². The minimum Gasteiger partial charge on any atom is -0.335 e. The number of likely N-dealkylation sites (tertiary alicyclic amines) is 1. The van der Waals surface area contributed by atoms with E-state index in [9.17, 15) is 4.79 Å². The zero-order chi connectivity index (χ0) is 12.3. The largest absolute Gasteiger partial charge is 0.335 e. The molecule has 0 spiro atoms. The Kier molecular flexibility index (Phi) is 4.20. The lowest BCUT2D eigenvalue weighted by molar-refractivity contribution is -0.126. The Morgan fingerprint density at radius 3 is 3.12 bits per heavy atom. The SMILES string of the molecule is NCC1CCCN1C(=O)/C=C/c1ccc(Cl)s1. The van der Waals surface area contributed by atoms with E-state index in [0.717, 1.165) is 28.6 Å². The summed E-state index contributed by atoms with van der Waals surface area (Å²) >= 11 is 7.28. The van der Waals surface area contributed by atoms with E-state index in [0.29, 0.717) is 6.54 Å². The molecule has 1 saturated heterocycles. The fourth-order valence-corrected chi connectivity index (χ4v) is 3.00. The summed E-state index contributed by atoms with van der Waals surface area (Å²) in [5.74, 6) is 0.0440.